The zero-order chi connectivity index (χ0) is 0. The van der Waals surface area contributed by atoms with Crippen LogP contribution in [0.3, 0.4) is 0 Å². The smallest absolute Gasteiger partial charge is 2.00 e. The average molecular weight is 49.8 g/mol. The molecule has 0 aromatic heterocycles. The summed E-state index contributed by atoms with van der Waals surface area (Å²) in [6.07, 6.45) is 0. The molecule has 16 valence electrons. The summed E-state index contributed by atoms with van der Waals surface area (Å²) < 4.78 is 0. The summed E-state index contributed by atoms with van der Waals surface area (Å²) in [5, 5.41) is 0. The van der Waals surface area contributed by atoms with E-state index in [2.05, 4.69) is 0 Å². The quantitative estimate of drug-likeness (QED) is 0.254. The van der Waals surface area contributed by atoms with Crippen LogP contribution in [0.25, 0.3) is 0 Å². The van der Waals surface area contributed by atoms with E-state index >= 15 is 0 Å². The third kappa shape index (κ3) is 19.1. The van der Waals surface area contributed by atoms with Crippen LogP contribution in [0.2, 0.25) is 0 Å². The summed E-state index contributed by atoms with van der Waals surface area (Å²) >= 11 is 0. The summed E-state index contributed by atoms with van der Waals surface area (Å²) in [6, 6.07) is 0. The van der Waals surface area contributed by atoms with Crippen LogP contribution in [-0.4, -0.2) is 8.41 Å². The fraction of sp³-hybridized carbons (Fsp3) is 0. The summed E-state index contributed by atoms with van der Waals surface area (Å²) in [5.74, 6) is 0. The van der Waals surface area contributed by atoms with E-state index in [9.17, 15) is 0 Å². The van der Waals surface area contributed by atoms with Crippen LogP contribution in [0.15, 0.2) is 0 Å². The third-order valence-corrected chi connectivity index (χ3v) is 0. The molecule has 0 heterocycles. The van der Waals surface area contributed by atoms with Gasteiger partial charge in [0.15, 0.2) is 0 Å². The molecular weight excluding hydrogens is 49.8 g/mol. The van der Waals surface area contributed by atoms with Gasteiger partial charge >= 0.3 is 27.3 Å². The van der Waals surface area contributed by atoms with Gasteiger partial charge in [0.1, 0.15) is 0 Å². The predicted octanol–water partition coefficient (Wildman–Crippen LogP) is -3.61. The van der Waals surface area contributed by atoms with Crippen molar-refractivity contribution in [3.8, 4) is 0 Å². The second kappa shape index (κ2) is 70.4. The van der Waals surface area contributed by atoms with Crippen LogP contribution in [0.4, 0.5) is 0 Å². The fourth-order valence-electron chi connectivity index (χ4n) is 0. The minimum atomic E-state index is 0. The maximum atomic E-state index is 0. The van der Waals surface area contributed by atoms with Gasteiger partial charge in [0.25, 0.3) is 0 Å². The second-order valence-corrected chi connectivity index (χ2v) is 0. The normalized spacial score (nSPS) is 0. The Morgan fingerprint density at radius 2 is 0.750 bits per heavy atom. The standard InChI is InChI=1S/B.Li.2O/q+3;+1;2*-2. The van der Waals surface area contributed by atoms with Crippen molar-refractivity contribution < 1.29 is 29.8 Å². The van der Waals surface area contributed by atoms with Crippen LogP contribution in [0, 0.1) is 0 Å². The first-order chi connectivity index (χ1) is 0. The first kappa shape index (κ1) is 173. The van der Waals surface area contributed by atoms with Crippen LogP contribution in [-0.2, 0) is 11.0 Å². The maximum Gasteiger partial charge on any atom is 3.00 e. The molecule has 4 heavy (non-hydrogen) atoms. The molecule has 4 heteroatoms. The van der Waals surface area contributed by atoms with Crippen molar-refractivity contribution >= 4 is 8.41 Å². The van der Waals surface area contributed by atoms with Crippen molar-refractivity contribution in [2.45, 2.75) is 0 Å². The zero-order valence-corrected chi connectivity index (χ0v) is 2.39. The van der Waals surface area contributed by atoms with Crippen molar-refractivity contribution in [1.29, 1.82) is 0 Å². The van der Waals surface area contributed by atoms with Crippen LogP contribution in [0.5, 0.6) is 0 Å². The summed E-state index contributed by atoms with van der Waals surface area (Å²) in [4.78, 5) is 0. The minimum Gasteiger partial charge on any atom is -2.00 e. The molecule has 0 fully saturated rings. The van der Waals surface area contributed by atoms with Gasteiger partial charge < -0.3 is 11.0 Å². The monoisotopic (exact) mass is 50.0 g/mol. The number of hydrogen-bond donors (Lipinski definition) is 0. The van der Waals surface area contributed by atoms with Crippen LogP contribution < -0.4 is 18.9 Å². The largest absolute Gasteiger partial charge is 3.00 e. The maximum absolute atomic E-state index is 0. The van der Waals surface area contributed by atoms with Gasteiger partial charge in [-0.05, 0) is 0 Å². The van der Waals surface area contributed by atoms with Gasteiger partial charge in [-0.3, -0.25) is 0 Å². The third-order valence-electron chi connectivity index (χ3n) is 0. The van der Waals surface area contributed by atoms with Crippen LogP contribution in [0.1, 0.15) is 0 Å². The average Bonchev–Trinajstić information content (AvgIpc) is 0. The van der Waals surface area contributed by atoms with Gasteiger partial charge in [-0.25, -0.2) is 0 Å². The second-order valence-electron chi connectivity index (χ2n) is 0. The first-order valence-electron chi connectivity index (χ1n) is 0. The van der Waals surface area contributed by atoms with Crippen molar-refractivity contribution in [3.63, 3.8) is 0 Å². The molecule has 0 saturated carbocycles. The van der Waals surface area contributed by atoms with Crippen molar-refractivity contribution in [2.24, 2.45) is 0 Å². The van der Waals surface area contributed by atoms with Crippen molar-refractivity contribution in [3.05, 3.63) is 0 Å². The Hall–Kier alpha value is 0.582. The Balaban J connectivity index is 0. The molecule has 0 saturated heterocycles. The van der Waals surface area contributed by atoms with E-state index in [1.165, 1.54) is 0 Å². The molecular formula is BLiO2. The Morgan fingerprint density at radius 1 is 0.750 bits per heavy atom. The Morgan fingerprint density at radius 3 is 0.750 bits per heavy atom. The number of hydrogen-bond acceptors (Lipinski definition) is 0. The van der Waals surface area contributed by atoms with Gasteiger partial charge in [0.2, 0.25) is 0 Å². The number of rotatable bonds is 0. The van der Waals surface area contributed by atoms with E-state index in [-0.39, 0.29) is 38.2 Å². The van der Waals surface area contributed by atoms with E-state index in [1.54, 1.807) is 0 Å². The summed E-state index contributed by atoms with van der Waals surface area (Å²) in [5.41, 5.74) is 0. The zero-order valence-electron chi connectivity index (χ0n) is 2.39. The van der Waals surface area contributed by atoms with E-state index < -0.39 is 0 Å². The molecule has 0 aliphatic rings. The molecule has 0 N–H and O–H groups in total. The van der Waals surface area contributed by atoms with Gasteiger partial charge in [0, 0.05) is 0 Å². The molecule has 0 radical (unpaired) electrons. The molecule has 0 unspecified atom stereocenters. The molecule has 0 amide bonds. The Kier molecular flexibility index (Phi) is 3050. The molecule has 0 aliphatic carbocycles. The van der Waals surface area contributed by atoms with Gasteiger partial charge in [-0.2, -0.15) is 0 Å². The molecule has 0 bridgehead atoms. The van der Waals surface area contributed by atoms with Gasteiger partial charge in [0.05, 0.1) is 0 Å². The molecule has 0 atom stereocenters. The summed E-state index contributed by atoms with van der Waals surface area (Å²) in [6.45, 7) is 0. The Labute approximate surface area is 38.9 Å². The van der Waals surface area contributed by atoms with E-state index in [4.69, 9.17) is 0 Å². The van der Waals surface area contributed by atoms with Gasteiger partial charge in [-0.1, -0.05) is 0 Å². The minimum absolute atomic E-state index is 0. The first-order valence-corrected chi connectivity index (χ1v) is 0. The molecule has 0 rings (SSSR count). The topological polar surface area (TPSA) is 57.0 Å². The molecule has 0 aliphatic heterocycles. The Bertz CT molecular complexity index is 6.00. The molecule has 0 aromatic carbocycles. The predicted molar refractivity (Wildman–Crippen MR) is 7.13 cm³/mol. The summed E-state index contributed by atoms with van der Waals surface area (Å²) in [7, 11) is 0. The SMILES string of the molecule is [B+3].[Li+].[O-2].[O-2]. The molecule has 2 nitrogen and oxygen atoms in total. The fourth-order valence-corrected chi connectivity index (χ4v) is 0. The molecule has 0 aromatic rings. The van der Waals surface area contributed by atoms with Gasteiger partial charge in [-0.15, -0.1) is 0 Å². The van der Waals surface area contributed by atoms with E-state index in [0.29, 0.717) is 0 Å². The van der Waals surface area contributed by atoms with Crippen molar-refractivity contribution in [1.82, 2.24) is 0 Å². The van der Waals surface area contributed by atoms with E-state index in [1.807, 2.05) is 0 Å². The van der Waals surface area contributed by atoms with E-state index in [0.717, 1.165) is 0 Å². The van der Waals surface area contributed by atoms with Crippen LogP contribution >= 0.6 is 0 Å². The van der Waals surface area contributed by atoms with Crippen molar-refractivity contribution in [2.75, 3.05) is 0 Å². The molecule has 0 spiro atoms.